The molecule has 218 valence electrons. The molecule has 1 nitrogen and oxygen atoms in total. The molecule has 9 aromatic carbocycles. The summed E-state index contributed by atoms with van der Waals surface area (Å²) in [7, 11) is 0. The Hall–Kier alpha value is -6.18. The summed E-state index contributed by atoms with van der Waals surface area (Å²) in [6.07, 6.45) is 0. The van der Waals surface area contributed by atoms with Gasteiger partial charge < -0.3 is 4.42 Å². The van der Waals surface area contributed by atoms with Gasteiger partial charge in [-0.15, -0.1) is 0 Å². The fourth-order valence-corrected chi connectivity index (χ4v) is 7.14. The minimum Gasteiger partial charge on any atom is -0.456 e. The van der Waals surface area contributed by atoms with Gasteiger partial charge in [-0.05, 0) is 107 Å². The maximum Gasteiger partial charge on any atom is 0.136 e. The molecule has 0 saturated heterocycles. The van der Waals surface area contributed by atoms with Gasteiger partial charge in [0.05, 0.1) is 11.0 Å². The lowest BCUT2D eigenvalue weighted by molar-refractivity contribution is 0.669. The topological polar surface area (TPSA) is 13.1 Å². The van der Waals surface area contributed by atoms with Crippen molar-refractivity contribution in [1.29, 1.82) is 0 Å². The van der Waals surface area contributed by atoms with Crippen LogP contribution in [0.5, 0.6) is 0 Å². The SMILES string of the molecule is [2H]c1c([2H])c([2H])c2c(-c3ccc4ccccc4c3)c3c([2H])c([2H])c([2H])c([2H])c3c(-c3cccc(-c4cccc5oc6cc7ccccc7cc6c45)c3)c2c1[2H]. The Morgan fingerprint density at radius 3 is 1.62 bits per heavy atom. The van der Waals surface area contributed by atoms with Gasteiger partial charge in [0.15, 0.2) is 0 Å². The van der Waals surface area contributed by atoms with Crippen LogP contribution in [0, 0.1) is 0 Å². The average molecular weight is 605 g/mol. The smallest absolute Gasteiger partial charge is 0.136 e. The van der Waals surface area contributed by atoms with Crippen molar-refractivity contribution in [2.75, 3.05) is 0 Å². The minimum absolute atomic E-state index is 0.183. The van der Waals surface area contributed by atoms with Gasteiger partial charge in [0.1, 0.15) is 11.2 Å². The molecule has 0 saturated carbocycles. The summed E-state index contributed by atoms with van der Waals surface area (Å²) < 4.78 is 79.0. The molecule has 0 aliphatic carbocycles. The van der Waals surface area contributed by atoms with Crippen LogP contribution < -0.4 is 0 Å². The van der Waals surface area contributed by atoms with Gasteiger partial charge in [0.2, 0.25) is 0 Å². The monoisotopic (exact) mass is 604 g/mol. The molecule has 0 fully saturated rings. The van der Waals surface area contributed by atoms with E-state index in [-0.39, 0.29) is 45.7 Å². The lowest BCUT2D eigenvalue weighted by atomic mass is 9.85. The van der Waals surface area contributed by atoms with E-state index in [9.17, 15) is 5.48 Å². The van der Waals surface area contributed by atoms with Crippen LogP contribution in [-0.4, -0.2) is 0 Å². The molecule has 0 N–H and O–H groups in total. The predicted molar refractivity (Wildman–Crippen MR) is 200 cm³/mol. The fraction of sp³-hybridized carbons (Fsp3) is 0. The van der Waals surface area contributed by atoms with Crippen molar-refractivity contribution in [2.24, 2.45) is 0 Å². The first kappa shape index (κ1) is 19.4. The highest BCUT2D eigenvalue weighted by atomic mass is 16.3. The Morgan fingerprint density at radius 2 is 0.936 bits per heavy atom. The van der Waals surface area contributed by atoms with Crippen LogP contribution in [0.3, 0.4) is 0 Å². The molecule has 0 atom stereocenters. The zero-order valence-electron chi connectivity index (χ0n) is 33.0. The van der Waals surface area contributed by atoms with Crippen molar-refractivity contribution in [3.05, 3.63) is 170 Å². The summed E-state index contributed by atoms with van der Waals surface area (Å²) >= 11 is 0. The Balaban J connectivity index is 1.35. The zero-order valence-corrected chi connectivity index (χ0v) is 25.0. The number of fused-ring (bicyclic) bond motifs is 7. The van der Waals surface area contributed by atoms with Gasteiger partial charge in [0, 0.05) is 10.8 Å². The van der Waals surface area contributed by atoms with Gasteiger partial charge in [0.25, 0.3) is 0 Å². The van der Waals surface area contributed by atoms with Gasteiger partial charge in [-0.3, -0.25) is 0 Å². The summed E-state index contributed by atoms with van der Waals surface area (Å²) in [5.74, 6) is 0. The second-order valence-electron chi connectivity index (χ2n) is 11.9. The molecule has 0 bridgehead atoms. The lowest BCUT2D eigenvalue weighted by Crippen LogP contribution is -1.91. The first-order valence-electron chi connectivity index (χ1n) is 19.5. The summed E-state index contributed by atoms with van der Waals surface area (Å²) in [6, 6.07) is 36.3. The van der Waals surface area contributed by atoms with E-state index in [0.29, 0.717) is 27.8 Å². The molecule has 0 amide bonds. The van der Waals surface area contributed by atoms with Gasteiger partial charge >= 0.3 is 0 Å². The number of hydrogen-bond donors (Lipinski definition) is 0. The molecule has 1 heteroatoms. The highest BCUT2D eigenvalue weighted by Crippen LogP contribution is 2.45. The van der Waals surface area contributed by atoms with Crippen molar-refractivity contribution < 1.29 is 15.4 Å². The normalized spacial score (nSPS) is 14.2. The molecular formula is C46H28O. The van der Waals surface area contributed by atoms with Crippen molar-refractivity contribution >= 4 is 65.0 Å². The number of rotatable bonds is 3. The maximum absolute atomic E-state index is 9.37. The van der Waals surface area contributed by atoms with E-state index in [1.54, 1.807) is 0 Å². The summed E-state index contributed by atoms with van der Waals surface area (Å²) in [6.45, 7) is 0. The Labute approximate surface area is 283 Å². The van der Waals surface area contributed by atoms with Crippen LogP contribution in [-0.2, 0) is 0 Å². The van der Waals surface area contributed by atoms with Crippen LogP contribution in [0.2, 0.25) is 0 Å². The highest BCUT2D eigenvalue weighted by molar-refractivity contribution is 6.22. The maximum atomic E-state index is 9.37. The van der Waals surface area contributed by atoms with Crippen LogP contribution in [0.1, 0.15) is 11.0 Å². The predicted octanol–water partition coefficient (Wildman–Crippen LogP) is 13.2. The van der Waals surface area contributed by atoms with E-state index >= 15 is 0 Å². The number of furan rings is 1. The third-order valence-electron chi connectivity index (χ3n) is 9.24. The number of benzene rings is 9. The minimum atomic E-state index is -0.429. The molecule has 10 aromatic rings. The molecule has 0 radical (unpaired) electrons. The Kier molecular flexibility index (Phi) is 4.19. The molecule has 10 rings (SSSR count). The third kappa shape index (κ3) is 4.03. The van der Waals surface area contributed by atoms with Crippen molar-refractivity contribution in [3.63, 3.8) is 0 Å². The van der Waals surface area contributed by atoms with Crippen LogP contribution in [0.25, 0.3) is 98.4 Å². The third-order valence-corrected chi connectivity index (χ3v) is 9.24. The van der Waals surface area contributed by atoms with E-state index in [0.717, 1.165) is 49.0 Å². The Bertz CT molecular complexity index is 3230. The first-order chi connectivity index (χ1) is 26.6. The molecule has 0 unspecified atom stereocenters. The molecule has 0 spiro atoms. The second-order valence-corrected chi connectivity index (χ2v) is 11.9. The van der Waals surface area contributed by atoms with E-state index in [2.05, 4.69) is 18.2 Å². The molecule has 47 heavy (non-hydrogen) atoms. The number of hydrogen-bond acceptors (Lipinski definition) is 1. The molecular weight excluding hydrogens is 569 g/mol. The van der Waals surface area contributed by atoms with Crippen LogP contribution in [0.4, 0.5) is 0 Å². The molecule has 0 aliphatic heterocycles. The van der Waals surface area contributed by atoms with Crippen LogP contribution >= 0.6 is 0 Å². The van der Waals surface area contributed by atoms with Crippen molar-refractivity contribution in [2.45, 2.75) is 0 Å². The van der Waals surface area contributed by atoms with Crippen molar-refractivity contribution in [3.8, 4) is 33.4 Å². The van der Waals surface area contributed by atoms with Gasteiger partial charge in [-0.25, -0.2) is 0 Å². The largest absolute Gasteiger partial charge is 0.456 e. The highest BCUT2D eigenvalue weighted by Gasteiger charge is 2.18. The standard InChI is InChI=1S/C46H28O/c1-2-12-30-25-35(24-23-29(30)11-1)45-39-19-7-5-17-37(39)44(38-18-6-8-20-40(38)45)34-16-9-15-33(26-34)36-21-10-22-42-46(36)41-27-31-13-3-4-14-32(31)28-43(41)47-42/h1-28H/i5D,6D,7D,8D,17D,18D,19D,20D. The summed E-state index contributed by atoms with van der Waals surface area (Å²) in [5.41, 5.74) is 4.93. The van der Waals surface area contributed by atoms with Crippen molar-refractivity contribution in [1.82, 2.24) is 0 Å². The van der Waals surface area contributed by atoms with E-state index in [1.165, 1.54) is 0 Å². The Morgan fingerprint density at radius 1 is 0.383 bits per heavy atom. The summed E-state index contributed by atoms with van der Waals surface area (Å²) in [5, 5.41) is 6.61. The molecule has 1 heterocycles. The average Bonchev–Trinajstić information content (AvgIpc) is 3.58. The lowest BCUT2D eigenvalue weighted by Gasteiger charge is -2.18. The van der Waals surface area contributed by atoms with Crippen LogP contribution in [0.15, 0.2) is 174 Å². The second kappa shape index (κ2) is 10.2. The van der Waals surface area contributed by atoms with Gasteiger partial charge in [-0.2, -0.15) is 0 Å². The zero-order chi connectivity index (χ0) is 37.9. The quantitative estimate of drug-likeness (QED) is 0.183. The summed E-state index contributed by atoms with van der Waals surface area (Å²) in [4.78, 5) is 0. The first-order valence-corrected chi connectivity index (χ1v) is 15.5. The van der Waals surface area contributed by atoms with E-state index in [4.69, 9.17) is 9.90 Å². The van der Waals surface area contributed by atoms with E-state index in [1.807, 2.05) is 103 Å². The van der Waals surface area contributed by atoms with E-state index < -0.39 is 24.2 Å². The fourth-order valence-electron chi connectivity index (χ4n) is 7.14. The van der Waals surface area contributed by atoms with Gasteiger partial charge in [-0.1, -0.05) is 139 Å². The molecule has 1 aromatic heterocycles. The molecule has 0 aliphatic rings.